The fraction of sp³-hybridized carbons (Fsp3) is 1.00. The van der Waals surface area contributed by atoms with Crippen molar-refractivity contribution in [3.63, 3.8) is 0 Å². The Morgan fingerprint density at radius 1 is 0.700 bits per heavy atom. The Morgan fingerprint density at radius 3 is 1.35 bits per heavy atom. The Morgan fingerprint density at radius 2 is 1.10 bits per heavy atom. The van der Waals surface area contributed by atoms with Crippen molar-refractivity contribution in [1.82, 2.24) is 0 Å². The van der Waals surface area contributed by atoms with Gasteiger partial charge >= 0.3 is 0 Å². The standard InChI is InChI=1S/2C10H22/c1-6-8-10(4,5)9(3)7-2;1-6-8(3)10(5)9(4)7-2/h9H,6-8H2,1-5H3;8-10H,6-7H2,1-5H3. The minimum atomic E-state index is 0.559. The van der Waals surface area contributed by atoms with E-state index < -0.39 is 0 Å². The van der Waals surface area contributed by atoms with E-state index in [0.717, 1.165) is 23.7 Å². The van der Waals surface area contributed by atoms with Crippen LogP contribution in [0.2, 0.25) is 0 Å². The molecule has 0 N–H and O–H groups in total. The third-order valence-corrected chi connectivity index (χ3v) is 5.92. The van der Waals surface area contributed by atoms with Crippen molar-refractivity contribution in [2.75, 3.05) is 0 Å². The van der Waals surface area contributed by atoms with Crippen molar-refractivity contribution in [3.05, 3.63) is 0 Å². The van der Waals surface area contributed by atoms with Gasteiger partial charge in [-0.1, -0.05) is 94.9 Å². The van der Waals surface area contributed by atoms with Crippen molar-refractivity contribution in [2.45, 2.75) is 101 Å². The van der Waals surface area contributed by atoms with Gasteiger partial charge in [0.2, 0.25) is 0 Å². The average molecular weight is 285 g/mol. The molecule has 0 fully saturated rings. The molecule has 0 heteroatoms. The summed E-state index contributed by atoms with van der Waals surface area (Å²) < 4.78 is 0. The number of rotatable bonds is 8. The first kappa shape index (κ1) is 22.3. The molecular weight excluding hydrogens is 240 g/mol. The highest BCUT2D eigenvalue weighted by molar-refractivity contribution is 4.73. The third-order valence-electron chi connectivity index (χ3n) is 5.92. The normalized spacial score (nSPS) is 17.7. The molecule has 0 aliphatic rings. The summed E-state index contributed by atoms with van der Waals surface area (Å²) in [6.07, 6.45) is 6.64. The molecule has 3 atom stereocenters. The number of hydrogen-bond acceptors (Lipinski definition) is 0. The van der Waals surface area contributed by atoms with Crippen LogP contribution in [0.5, 0.6) is 0 Å². The highest BCUT2D eigenvalue weighted by Crippen LogP contribution is 2.33. The summed E-state index contributed by atoms with van der Waals surface area (Å²) in [6, 6.07) is 0. The third kappa shape index (κ3) is 9.03. The maximum Gasteiger partial charge on any atom is -0.0329 e. The second-order valence-corrected chi connectivity index (χ2v) is 7.68. The van der Waals surface area contributed by atoms with E-state index in [4.69, 9.17) is 0 Å². The largest absolute Gasteiger partial charge is 0.0654 e. The Labute approximate surface area is 131 Å². The summed E-state index contributed by atoms with van der Waals surface area (Å²) in [6.45, 7) is 23.3. The van der Waals surface area contributed by atoms with Crippen LogP contribution >= 0.6 is 0 Å². The topological polar surface area (TPSA) is 0 Å². The lowest BCUT2D eigenvalue weighted by Gasteiger charge is -2.30. The van der Waals surface area contributed by atoms with Crippen molar-refractivity contribution < 1.29 is 0 Å². The van der Waals surface area contributed by atoms with Crippen LogP contribution in [0, 0.1) is 29.1 Å². The lowest BCUT2D eigenvalue weighted by Crippen LogP contribution is -2.20. The molecule has 3 unspecified atom stereocenters. The van der Waals surface area contributed by atoms with Crippen LogP contribution in [0.3, 0.4) is 0 Å². The van der Waals surface area contributed by atoms with Crippen molar-refractivity contribution in [2.24, 2.45) is 29.1 Å². The van der Waals surface area contributed by atoms with Gasteiger partial charge in [-0.2, -0.15) is 0 Å². The van der Waals surface area contributed by atoms with E-state index in [1.807, 2.05) is 0 Å². The van der Waals surface area contributed by atoms with Gasteiger partial charge in [-0.05, 0) is 35.5 Å². The first-order valence-electron chi connectivity index (χ1n) is 9.17. The average Bonchev–Trinajstić information content (AvgIpc) is 2.44. The minimum absolute atomic E-state index is 0.559. The van der Waals surface area contributed by atoms with Crippen LogP contribution in [-0.4, -0.2) is 0 Å². The van der Waals surface area contributed by atoms with Crippen LogP contribution in [0.25, 0.3) is 0 Å². The van der Waals surface area contributed by atoms with Gasteiger partial charge in [0.1, 0.15) is 0 Å². The van der Waals surface area contributed by atoms with E-state index in [-0.39, 0.29) is 0 Å². The summed E-state index contributed by atoms with van der Waals surface area (Å²) in [5.74, 6) is 3.56. The van der Waals surface area contributed by atoms with Gasteiger partial charge in [-0.25, -0.2) is 0 Å². The van der Waals surface area contributed by atoms with Gasteiger partial charge in [0, 0.05) is 0 Å². The summed E-state index contributed by atoms with van der Waals surface area (Å²) >= 11 is 0. The smallest absolute Gasteiger partial charge is 0.0329 e. The van der Waals surface area contributed by atoms with Crippen molar-refractivity contribution in [1.29, 1.82) is 0 Å². The molecule has 0 bridgehead atoms. The van der Waals surface area contributed by atoms with E-state index in [1.165, 1.54) is 32.1 Å². The van der Waals surface area contributed by atoms with Crippen LogP contribution in [-0.2, 0) is 0 Å². The molecule has 124 valence electrons. The molecule has 0 saturated heterocycles. The minimum Gasteiger partial charge on any atom is -0.0654 e. The molecule has 0 aromatic heterocycles. The van der Waals surface area contributed by atoms with Gasteiger partial charge in [-0.3, -0.25) is 0 Å². The van der Waals surface area contributed by atoms with E-state index in [2.05, 4.69) is 69.2 Å². The highest BCUT2D eigenvalue weighted by atomic mass is 14.3. The van der Waals surface area contributed by atoms with Crippen LogP contribution in [0.1, 0.15) is 101 Å². The first-order chi connectivity index (χ1) is 9.17. The number of hydrogen-bond donors (Lipinski definition) is 0. The summed E-state index contributed by atoms with van der Waals surface area (Å²) in [5, 5.41) is 0. The van der Waals surface area contributed by atoms with E-state index in [1.54, 1.807) is 0 Å². The van der Waals surface area contributed by atoms with Gasteiger partial charge < -0.3 is 0 Å². The molecular formula is C20H44. The molecule has 0 saturated carbocycles. The molecule has 20 heavy (non-hydrogen) atoms. The summed E-state index contributed by atoms with van der Waals surface area (Å²) in [7, 11) is 0. The van der Waals surface area contributed by atoms with Crippen LogP contribution in [0.4, 0.5) is 0 Å². The zero-order chi connectivity index (χ0) is 16.3. The molecule has 0 aliphatic carbocycles. The second kappa shape index (κ2) is 11.6. The molecule has 0 amide bonds. The van der Waals surface area contributed by atoms with Gasteiger partial charge in [0.15, 0.2) is 0 Å². The Hall–Kier alpha value is 0. The molecule has 0 nitrogen and oxygen atoms in total. The predicted octanol–water partition coefficient (Wildman–Crippen LogP) is 7.57. The van der Waals surface area contributed by atoms with E-state index >= 15 is 0 Å². The van der Waals surface area contributed by atoms with Gasteiger partial charge in [0.25, 0.3) is 0 Å². The molecule has 0 heterocycles. The fourth-order valence-electron chi connectivity index (χ4n) is 2.75. The maximum absolute atomic E-state index is 2.38. The maximum atomic E-state index is 2.38. The molecule has 0 aliphatic heterocycles. The zero-order valence-electron chi connectivity index (χ0n) is 16.3. The van der Waals surface area contributed by atoms with Crippen molar-refractivity contribution in [3.8, 4) is 0 Å². The zero-order valence-corrected chi connectivity index (χ0v) is 16.3. The second-order valence-electron chi connectivity index (χ2n) is 7.68. The fourth-order valence-corrected chi connectivity index (χ4v) is 2.75. The Balaban J connectivity index is 0. The van der Waals surface area contributed by atoms with Crippen molar-refractivity contribution >= 4 is 0 Å². The van der Waals surface area contributed by atoms with Gasteiger partial charge in [0.05, 0.1) is 0 Å². The Kier molecular flexibility index (Phi) is 13.0. The lowest BCUT2D eigenvalue weighted by molar-refractivity contribution is 0.204. The van der Waals surface area contributed by atoms with Gasteiger partial charge in [-0.15, -0.1) is 0 Å². The highest BCUT2D eigenvalue weighted by Gasteiger charge is 2.22. The molecule has 0 spiro atoms. The van der Waals surface area contributed by atoms with E-state index in [0.29, 0.717) is 5.41 Å². The lowest BCUT2D eigenvalue weighted by atomic mass is 9.75. The SMILES string of the molecule is CCC(C)C(C)C(C)CC.CCCC(C)(C)C(C)CC. The Bertz CT molecular complexity index is 194. The quantitative estimate of drug-likeness (QED) is 0.431. The summed E-state index contributed by atoms with van der Waals surface area (Å²) in [4.78, 5) is 0. The molecule has 0 rings (SSSR count). The van der Waals surface area contributed by atoms with Crippen LogP contribution < -0.4 is 0 Å². The summed E-state index contributed by atoms with van der Waals surface area (Å²) in [5.41, 5.74) is 0.559. The first-order valence-corrected chi connectivity index (χ1v) is 9.17. The van der Waals surface area contributed by atoms with E-state index in [9.17, 15) is 0 Å². The van der Waals surface area contributed by atoms with Crippen LogP contribution in [0.15, 0.2) is 0 Å². The predicted molar refractivity (Wildman–Crippen MR) is 96.2 cm³/mol. The monoisotopic (exact) mass is 284 g/mol. The molecule has 0 aromatic rings. The molecule has 0 radical (unpaired) electrons. The molecule has 0 aromatic carbocycles.